The van der Waals surface area contributed by atoms with Gasteiger partial charge in [0, 0.05) is 19.6 Å². The van der Waals surface area contributed by atoms with E-state index in [1.165, 1.54) is 0 Å². The molecule has 98 valence electrons. The zero-order valence-electron chi connectivity index (χ0n) is 11.2. The van der Waals surface area contributed by atoms with Crippen molar-refractivity contribution in [1.82, 2.24) is 10.2 Å². The molecule has 0 radical (unpaired) electrons. The molecule has 1 saturated heterocycles. The standard InChI is InChI=1S/C15H22N2O/c1-12-8-9-17(11-13(12)2)15(18)16-10-14-6-4-3-5-7-14/h3-7,12-13H,8-11H2,1-2H3,(H,16,18). The van der Waals surface area contributed by atoms with Crippen LogP contribution in [0.5, 0.6) is 0 Å². The van der Waals surface area contributed by atoms with Crippen molar-refractivity contribution in [2.45, 2.75) is 26.8 Å². The number of rotatable bonds is 2. The molecule has 1 aliphatic heterocycles. The van der Waals surface area contributed by atoms with Gasteiger partial charge in [-0.1, -0.05) is 44.2 Å². The molecule has 2 rings (SSSR count). The third-order valence-corrected chi connectivity index (χ3v) is 3.91. The second kappa shape index (κ2) is 5.89. The Morgan fingerprint density at radius 1 is 1.28 bits per heavy atom. The van der Waals surface area contributed by atoms with Crippen LogP contribution in [0.4, 0.5) is 4.79 Å². The second-order valence-electron chi connectivity index (χ2n) is 5.33. The summed E-state index contributed by atoms with van der Waals surface area (Å²) in [7, 11) is 0. The van der Waals surface area contributed by atoms with E-state index in [0.29, 0.717) is 12.5 Å². The molecule has 0 aromatic heterocycles. The molecule has 1 aromatic rings. The molecule has 0 spiro atoms. The van der Waals surface area contributed by atoms with Crippen LogP contribution in [0.25, 0.3) is 0 Å². The van der Waals surface area contributed by atoms with Crippen LogP contribution in [0.15, 0.2) is 30.3 Å². The van der Waals surface area contributed by atoms with Crippen molar-refractivity contribution in [1.29, 1.82) is 0 Å². The number of nitrogens with one attached hydrogen (secondary N) is 1. The van der Waals surface area contributed by atoms with Crippen molar-refractivity contribution < 1.29 is 4.79 Å². The molecule has 0 bridgehead atoms. The van der Waals surface area contributed by atoms with E-state index in [1.807, 2.05) is 35.2 Å². The molecule has 3 nitrogen and oxygen atoms in total. The van der Waals surface area contributed by atoms with Crippen LogP contribution in [0.3, 0.4) is 0 Å². The highest BCUT2D eigenvalue weighted by molar-refractivity contribution is 5.74. The smallest absolute Gasteiger partial charge is 0.317 e. The summed E-state index contributed by atoms with van der Waals surface area (Å²) in [5.74, 6) is 1.32. The molecule has 0 aliphatic carbocycles. The molecule has 18 heavy (non-hydrogen) atoms. The molecule has 1 aliphatic rings. The first-order valence-corrected chi connectivity index (χ1v) is 6.73. The largest absolute Gasteiger partial charge is 0.334 e. The molecule has 1 heterocycles. The number of urea groups is 1. The Morgan fingerprint density at radius 2 is 2.00 bits per heavy atom. The van der Waals surface area contributed by atoms with Gasteiger partial charge < -0.3 is 10.2 Å². The van der Waals surface area contributed by atoms with E-state index in [2.05, 4.69) is 19.2 Å². The molecule has 1 N–H and O–H groups in total. The molecule has 2 atom stereocenters. The van der Waals surface area contributed by atoms with Crippen LogP contribution in [0.1, 0.15) is 25.8 Å². The van der Waals surface area contributed by atoms with E-state index in [-0.39, 0.29) is 6.03 Å². The van der Waals surface area contributed by atoms with Gasteiger partial charge in [-0.05, 0) is 23.8 Å². The van der Waals surface area contributed by atoms with E-state index >= 15 is 0 Å². The van der Waals surface area contributed by atoms with Crippen LogP contribution < -0.4 is 5.32 Å². The Hall–Kier alpha value is -1.51. The van der Waals surface area contributed by atoms with Crippen LogP contribution in [-0.2, 0) is 6.54 Å². The number of piperidine rings is 1. The number of benzene rings is 1. The topological polar surface area (TPSA) is 32.3 Å². The van der Waals surface area contributed by atoms with Crippen LogP contribution in [0.2, 0.25) is 0 Å². The highest BCUT2D eigenvalue weighted by Crippen LogP contribution is 2.22. The van der Waals surface area contributed by atoms with E-state index in [0.717, 1.165) is 31.0 Å². The Labute approximate surface area is 109 Å². The SMILES string of the molecule is CC1CCN(C(=O)NCc2ccccc2)CC1C. The van der Waals surface area contributed by atoms with Crippen molar-refractivity contribution in [2.75, 3.05) is 13.1 Å². The molecular weight excluding hydrogens is 224 g/mol. The van der Waals surface area contributed by atoms with Crippen molar-refractivity contribution in [2.24, 2.45) is 11.8 Å². The first-order chi connectivity index (χ1) is 8.66. The fraction of sp³-hybridized carbons (Fsp3) is 0.533. The summed E-state index contributed by atoms with van der Waals surface area (Å²) in [5.41, 5.74) is 1.14. The zero-order chi connectivity index (χ0) is 13.0. The number of carbonyl (C=O) groups excluding carboxylic acids is 1. The number of hydrogen-bond donors (Lipinski definition) is 1. The van der Waals surface area contributed by atoms with Gasteiger partial charge in [-0.3, -0.25) is 0 Å². The summed E-state index contributed by atoms with van der Waals surface area (Å²) in [5, 5.41) is 2.99. The Bertz CT molecular complexity index is 391. The van der Waals surface area contributed by atoms with E-state index in [1.54, 1.807) is 0 Å². The maximum atomic E-state index is 12.0. The quantitative estimate of drug-likeness (QED) is 0.855. The molecule has 3 heteroatoms. The molecule has 0 saturated carbocycles. The summed E-state index contributed by atoms with van der Waals surface area (Å²) < 4.78 is 0. The maximum Gasteiger partial charge on any atom is 0.317 e. The van der Waals surface area contributed by atoms with Gasteiger partial charge in [-0.15, -0.1) is 0 Å². The van der Waals surface area contributed by atoms with Crippen LogP contribution in [-0.4, -0.2) is 24.0 Å². The monoisotopic (exact) mass is 246 g/mol. The summed E-state index contributed by atoms with van der Waals surface area (Å²) >= 11 is 0. The average molecular weight is 246 g/mol. The first-order valence-electron chi connectivity index (χ1n) is 6.73. The Morgan fingerprint density at radius 3 is 2.67 bits per heavy atom. The van der Waals surface area contributed by atoms with Gasteiger partial charge in [-0.25, -0.2) is 4.79 Å². The maximum absolute atomic E-state index is 12.0. The lowest BCUT2D eigenvalue weighted by Gasteiger charge is -2.35. The zero-order valence-corrected chi connectivity index (χ0v) is 11.2. The summed E-state index contributed by atoms with van der Waals surface area (Å²) in [6.07, 6.45) is 1.11. The van der Waals surface area contributed by atoms with Crippen LogP contribution in [0, 0.1) is 11.8 Å². The second-order valence-corrected chi connectivity index (χ2v) is 5.33. The molecular formula is C15H22N2O. The van der Waals surface area contributed by atoms with Gasteiger partial charge >= 0.3 is 6.03 Å². The number of carbonyl (C=O) groups is 1. The lowest BCUT2D eigenvalue weighted by Crippen LogP contribution is -2.46. The lowest BCUT2D eigenvalue weighted by molar-refractivity contribution is 0.144. The number of amides is 2. The van der Waals surface area contributed by atoms with Crippen molar-refractivity contribution in [3.05, 3.63) is 35.9 Å². The third kappa shape index (κ3) is 3.25. The number of hydrogen-bond acceptors (Lipinski definition) is 1. The van der Waals surface area contributed by atoms with Gasteiger partial charge in [0.15, 0.2) is 0 Å². The minimum atomic E-state index is 0.0672. The Kier molecular flexibility index (Phi) is 4.24. The third-order valence-electron chi connectivity index (χ3n) is 3.91. The van der Waals surface area contributed by atoms with E-state index < -0.39 is 0 Å². The molecule has 1 fully saturated rings. The Balaban J connectivity index is 1.82. The van der Waals surface area contributed by atoms with Gasteiger partial charge in [0.1, 0.15) is 0 Å². The highest BCUT2D eigenvalue weighted by atomic mass is 16.2. The van der Waals surface area contributed by atoms with Crippen molar-refractivity contribution in [3.63, 3.8) is 0 Å². The van der Waals surface area contributed by atoms with Gasteiger partial charge in [0.05, 0.1) is 0 Å². The first kappa shape index (κ1) is 12.9. The molecule has 2 amide bonds. The molecule has 1 aromatic carbocycles. The average Bonchev–Trinajstić information content (AvgIpc) is 2.40. The minimum absolute atomic E-state index is 0.0672. The normalized spacial score (nSPS) is 23.8. The van der Waals surface area contributed by atoms with E-state index in [9.17, 15) is 4.79 Å². The highest BCUT2D eigenvalue weighted by Gasteiger charge is 2.25. The summed E-state index contributed by atoms with van der Waals surface area (Å²) in [4.78, 5) is 14.0. The summed E-state index contributed by atoms with van der Waals surface area (Å²) in [6.45, 7) is 6.86. The van der Waals surface area contributed by atoms with Gasteiger partial charge in [-0.2, -0.15) is 0 Å². The fourth-order valence-electron chi connectivity index (χ4n) is 2.33. The number of nitrogens with zero attached hydrogens (tertiary/aromatic N) is 1. The van der Waals surface area contributed by atoms with Gasteiger partial charge in [0.25, 0.3) is 0 Å². The molecule has 2 unspecified atom stereocenters. The fourth-order valence-corrected chi connectivity index (χ4v) is 2.33. The minimum Gasteiger partial charge on any atom is -0.334 e. The van der Waals surface area contributed by atoms with Crippen molar-refractivity contribution >= 4 is 6.03 Å². The summed E-state index contributed by atoms with van der Waals surface area (Å²) in [6, 6.07) is 10.1. The predicted octanol–water partition coefficient (Wildman–Crippen LogP) is 2.87. The lowest BCUT2D eigenvalue weighted by atomic mass is 9.89. The van der Waals surface area contributed by atoms with E-state index in [4.69, 9.17) is 0 Å². The van der Waals surface area contributed by atoms with Gasteiger partial charge in [0.2, 0.25) is 0 Å². The van der Waals surface area contributed by atoms with Crippen molar-refractivity contribution in [3.8, 4) is 0 Å². The van der Waals surface area contributed by atoms with Crippen LogP contribution >= 0.6 is 0 Å². The predicted molar refractivity (Wildman–Crippen MR) is 73.2 cm³/mol. The number of likely N-dealkylation sites (tertiary alicyclic amines) is 1.